The highest BCUT2D eigenvalue weighted by molar-refractivity contribution is 7.91. The van der Waals surface area contributed by atoms with E-state index >= 15 is 0 Å². The molecule has 0 bridgehead atoms. The number of hydrogen-bond donors (Lipinski definition) is 2. The summed E-state index contributed by atoms with van der Waals surface area (Å²) in [6.07, 6.45) is 0. The van der Waals surface area contributed by atoms with E-state index in [2.05, 4.69) is 4.72 Å². The molecule has 0 saturated carbocycles. The van der Waals surface area contributed by atoms with Crippen LogP contribution >= 0.6 is 22.7 Å². The smallest absolute Gasteiger partial charge is 0.250 e. The lowest BCUT2D eigenvalue weighted by Gasteiger charge is -2.11. The maximum Gasteiger partial charge on any atom is 0.250 e. The molecule has 0 aromatic carbocycles. The normalized spacial score (nSPS) is 13.7. The van der Waals surface area contributed by atoms with Crippen LogP contribution < -0.4 is 10.5 Å². The van der Waals surface area contributed by atoms with Crippen LogP contribution in [0.2, 0.25) is 0 Å². The molecule has 1 unspecified atom stereocenters. The third kappa shape index (κ3) is 2.99. The minimum atomic E-state index is -3.46. The van der Waals surface area contributed by atoms with Gasteiger partial charge in [-0.15, -0.1) is 22.7 Å². The van der Waals surface area contributed by atoms with Crippen LogP contribution in [0.25, 0.3) is 0 Å². The first-order chi connectivity index (χ1) is 8.53. The number of rotatable bonds is 5. The van der Waals surface area contributed by atoms with E-state index in [1.54, 1.807) is 12.1 Å². The number of hydrogen-bond acceptors (Lipinski definition) is 5. The van der Waals surface area contributed by atoms with Crippen molar-refractivity contribution in [1.29, 1.82) is 0 Å². The SMILES string of the molecule is CC(NS(=O)(=O)c1ccc(CN)s1)c1cccs1. The quantitative estimate of drug-likeness (QED) is 0.890. The van der Waals surface area contributed by atoms with Gasteiger partial charge in [0.15, 0.2) is 0 Å². The Morgan fingerprint density at radius 1 is 1.39 bits per heavy atom. The second kappa shape index (κ2) is 5.50. The second-order valence-electron chi connectivity index (χ2n) is 3.78. The fourth-order valence-corrected chi connectivity index (χ4v) is 4.78. The highest BCUT2D eigenvalue weighted by Crippen LogP contribution is 2.24. The van der Waals surface area contributed by atoms with Gasteiger partial charge in [0, 0.05) is 16.3 Å². The summed E-state index contributed by atoms with van der Waals surface area (Å²) in [5.74, 6) is 0. The molecule has 3 N–H and O–H groups in total. The van der Waals surface area contributed by atoms with Gasteiger partial charge < -0.3 is 5.73 Å². The van der Waals surface area contributed by atoms with Crippen molar-refractivity contribution in [2.75, 3.05) is 0 Å². The van der Waals surface area contributed by atoms with Gasteiger partial charge in [-0.05, 0) is 30.5 Å². The van der Waals surface area contributed by atoms with Gasteiger partial charge in [0.2, 0.25) is 0 Å². The zero-order valence-electron chi connectivity index (χ0n) is 9.79. The zero-order valence-corrected chi connectivity index (χ0v) is 12.2. The first kappa shape index (κ1) is 13.7. The molecule has 4 nitrogen and oxygen atoms in total. The Labute approximate surface area is 115 Å². The Kier molecular flexibility index (Phi) is 4.18. The molecule has 7 heteroatoms. The van der Waals surface area contributed by atoms with E-state index in [1.807, 2.05) is 24.4 Å². The highest BCUT2D eigenvalue weighted by Gasteiger charge is 2.20. The van der Waals surface area contributed by atoms with Crippen molar-refractivity contribution in [1.82, 2.24) is 4.72 Å². The fraction of sp³-hybridized carbons (Fsp3) is 0.273. The number of sulfonamides is 1. The molecule has 18 heavy (non-hydrogen) atoms. The summed E-state index contributed by atoms with van der Waals surface area (Å²) < 4.78 is 27.2. The molecule has 0 radical (unpaired) electrons. The molecule has 0 aliphatic rings. The third-order valence-corrected chi connectivity index (χ3v) is 6.60. The van der Waals surface area contributed by atoms with E-state index in [4.69, 9.17) is 5.73 Å². The summed E-state index contributed by atoms with van der Waals surface area (Å²) >= 11 is 2.74. The molecular weight excluding hydrogens is 288 g/mol. The summed E-state index contributed by atoms with van der Waals surface area (Å²) in [6, 6.07) is 6.93. The van der Waals surface area contributed by atoms with Gasteiger partial charge in [0.25, 0.3) is 10.0 Å². The number of nitrogens with two attached hydrogens (primary N) is 1. The van der Waals surface area contributed by atoms with E-state index in [0.717, 1.165) is 9.75 Å². The molecule has 0 spiro atoms. The molecule has 98 valence electrons. The number of nitrogens with one attached hydrogen (secondary N) is 1. The van der Waals surface area contributed by atoms with Gasteiger partial charge in [-0.3, -0.25) is 0 Å². The first-order valence-corrected chi connectivity index (χ1v) is 8.55. The Hall–Kier alpha value is -0.730. The van der Waals surface area contributed by atoms with Crippen molar-refractivity contribution in [3.63, 3.8) is 0 Å². The van der Waals surface area contributed by atoms with Gasteiger partial charge in [0.05, 0.1) is 6.04 Å². The van der Waals surface area contributed by atoms with Gasteiger partial charge in [-0.25, -0.2) is 13.1 Å². The highest BCUT2D eigenvalue weighted by atomic mass is 32.2. The van der Waals surface area contributed by atoms with Crippen molar-refractivity contribution >= 4 is 32.7 Å². The summed E-state index contributed by atoms with van der Waals surface area (Å²) in [5.41, 5.74) is 5.48. The van der Waals surface area contributed by atoms with E-state index in [9.17, 15) is 8.42 Å². The molecule has 2 aromatic rings. The van der Waals surface area contributed by atoms with Crippen molar-refractivity contribution in [2.24, 2.45) is 5.73 Å². The lowest BCUT2D eigenvalue weighted by atomic mass is 10.3. The second-order valence-corrected chi connectivity index (χ2v) is 7.87. The van der Waals surface area contributed by atoms with E-state index < -0.39 is 10.0 Å². The van der Waals surface area contributed by atoms with Crippen LogP contribution in [0.5, 0.6) is 0 Å². The van der Waals surface area contributed by atoms with Crippen LogP contribution in [0.4, 0.5) is 0 Å². The standard InChI is InChI=1S/C11H14N2O2S3/c1-8(10-3-2-6-16-10)13-18(14,15)11-5-4-9(7-12)17-11/h2-6,8,13H,7,12H2,1H3. The lowest BCUT2D eigenvalue weighted by Crippen LogP contribution is -2.25. The molecule has 0 amide bonds. The van der Waals surface area contributed by atoms with Crippen molar-refractivity contribution in [2.45, 2.75) is 23.7 Å². The molecular formula is C11H14N2O2S3. The summed E-state index contributed by atoms with van der Waals surface area (Å²) in [7, 11) is -3.46. The van der Waals surface area contributed by atoms with E-state index in [-0.39, 0.29) is 6.04 Å². The zero-order chi connectivity index (χ0) is 13.2. The van der Waals surface area contributed by atoms with Crippen LogP contribution in [-0.2, 0) is 16.6 Å². The first-order valence-electron chi connectivity index (χ1n) is 5.37. The lowest BCUT2D eigenvalue weighted by molar-refractivity contribution is 0.570. The maximum absolute atomic E-state index is 12.1. The van der Waals surface area contributed by atoms with Gasteiger partial charge >= 0.3 is 0 Å². The molecule has 0 aliphatic heterocycles. The summed E-state index contributed by atoms with van der Waals surface area (Å²) in [6.45, 7) is 2.20. The average molecular weight is 302 g/mol. The Morgan fingerprint density at radius 3 is 2.72 bits per heavy atom. The van der Waals surface area contributed by atoms with Crippen LogP contribution in [0.15, 0.2) is 33.9 Å². The molecule has 0 fully saturated rings. The Morgan fingerprint density at radius 2 is 2.17 bits per heavy atom. The Balaban J connectivity index is 2.17. The topological polar surface area (TPSA) is 72.2 Å². The summed E-state index contributed by atoms with van der Waals surface area (Å²) in [4.78, 5) is 1.85. The average Bonchev–Trinajstić information content (AvgIpc) is 3.00. The van der Waals surface area contributed by atoms with E-state index in [1.165, 1.54) is 22.7 Å². The van der Waals surface area contributed by atoms with Gasteiger partial charge in [-0.2, -0.15) is 0 Å². The van der Waals surface area contributed by atoms with Gasteiger partial charge in [0.1, 0.15) is 4.21 Å². The molecule has 1 atom stereocenters. The van der Waals surface area contributed by atoms with Crippen LogP contribution in [-0.4, -0.2) is 8.42 Å². The minimum absolute atomic E-state index is 0.224. The van der Waals surface area contributed by atoms with Crippen molar-refractivity contribution in [3.8, 4) is 0 Å². The number of thiophene rings is 2. The summed E-state index contributed by atoms with van der Waals surface area (Å²) in [5, 5.41) is 1.93. The van der Waals surface area contributed by atoms with Crippen LogP contribution in [0.3, 0.4) is 0 Å². The van der Waals surface area contributed by atoms with Crippen LogP contribution in [0, 0.1) is 0 Å². The predicted molar refractivity (Wildman–Crippen MR) is 75.3 cm³/mol. The maximum atomic E-state index is 12.1. The van der Waals surface area contributed by atoms with Crippen molar-refractivity contribution in [3.05, 3.63) is 39.4 Å². The van der Waals surface area contributed by atoms with E-state index in [0.29, 0.717) is 10.8 Å². The molecule has 2 aromatic heterocycles. The minimum Gasteiger partial charge on any atom is -0.326 e. The van der Waals surface area contributed by atoms with Crippen LogP contribution in [0.1, 0.15) is 22.7 Å². The predicted octanol–water partition coefficient (Wildman–Crippen LogP) is 2.31. The Bertz CT molecular complexity index is 602. The monoisotopic (exact) mass is 302 g/mol. The largest absolute Gasteiger partial charge is 0.326 e. The fourth-order valence-electron chi connectivity index (χ4n) is 1.50. The molecule has 0 saturated heterocycles. The third-order valence-electron chi connectivity index (χ3n) is 2.40. The molecule has 2 rings (SSSR count). The van der Waals surface area contributed by atoms with Gasteiger partial charge in [-0.1, -0.05) is 6.07 Å². The van der Waals surface area contributed by atoms with Crippen molar-refractivity contribution < 1.29 is 8.42 Å². The molecule has 2 heterocycles. The molecule has 0 aliphatic carbocycles.